The van der Waals surface area contributed by atoms with E-state index in [-0.39, 0.29) is 5.91 Å². The van der Waals surface area contributed by atoms with Gasteiger partial charge >= 0.3 is 0 Å². The minimum atomic E-state index is -0.176. The number of amides is 1. The molecule has 0 bridgehead atoms. The van der Waals surface area contributed by atoms with Gasteiger partial charge in [0.2, 0.25) is 0 Å². The number of nitrogens with two attached hydrogens (primary N) is 1. The van der Waals surface area contributed by atoms with Gasteiger partial charge in [-0.3, -0.25) is 9.48 Å². The summed E-state index contributed by atoms with van der Waals surface area (Å²) in [5.41, 5.74) is 6.58. The fraction of sp³-hybridized carbons (Fsp3) is 0.273. The number of nitrogens with zero attached hydrogens (tertiary/aromatic N) is 2. The van der Waals surface area contributed by atoms with E-state index in [1.165, 1.54) is 18.4 Å². The van der Waals surface area contributed by atoms with Crippen molar-refractivity contribution in [2.24, 2.45) is 7.05 Å². The smallest absolute Gasteiger partial charge is 0.265 e. The van der Waals surface area contributed by atoms with E-state index in [2.05, 4.69) is 10.4 Å². The molecular formula is C11H14N4O2S. The molecule has 1 amide bonds. The van der Waals surface area contributed by atoms with Gasteiger partial charge in [0.15, 0.2) is 0 Å². The summed E-state index contributed by atoms with van der Waals surface area (Å²) in [6.45, 7) is 0.347. The molecule has 0 aliphatic rings. The largest absolute Gasteiger partial charge is 0.495 e. The molecule has 7 heteroatoms. The van der Waals surface area contributed by atoms with E-state index < -0.39 is 0 Å². The van der Waals surface area contributed by atoms with Crippen LogP contribution in [-0.4, -0.2) is 22.8 Å². The number of rotatable bonds is 4. The second-order valence-corrected chi connectivity index (χ2v) is 4.60. The molecule has 0 unspecified atom stereocenters. The summed E-state index contributed by atoms with van der Waals surface area (Å²) in [7, 11) is 3.29. The maximum absolute atomic E-state index is 11.9. The van der Waals surface area contributed by atoms with Gasteiger partial charge in [0, 0.05) is 19.2 Å². The third-order valence-corrected chi connectivity index (χ3v) is 3.45. The Morgan fingerprint density at radius 3 is 3.06 bits per heavy atom. The van der Waals surface area contributed by atoms with Crippen molar-refractivity contribution in [1.82, 2.24) is 15.1 Å². The molecule has 0 radical (unpaired) electrons. The fourth-order valence-corrected chi connectivity index (χ4v) is 2.28. The van der Waals surface area contributed by atoms with E-state index >= 15 is 0 Å². The van der Waals surface area contributed by atoms with Gasteiger partial charge in [0.1, 0.15) is 16.4 Å². The first kappa shape index (κ1) is 12.4. The molecule has 6 nitrogen and oxygen atoms in total. The van der Waals surface area contributed by atoms with E-state index in [9.17, 15) is 4.79 Å². The fourth-order valence-electron chi connectivity index (χ4n) is 1.51. The van der Waals surface area contributed by atoms with Gasteiger partial charge < -0.3 is 15.8 Å². The van der Waals surface area contributed by atoms with Crippen LogP contribution in [0.4, 0.5) is 5.82 Å². The van der Waals surface area contributed by atoms with Crippen molar-refractivity contribution < 1.29 is 9.53 Å². The Balaban J connectivity index is 2.03. The lowest BCUT2D eigenvalue weighted by Crippen LogP contribution is -2.22. The summed E-state index contributed by atoms with van der Waals surface area (Å²) in [5, 5.41) is 8.61. The molecule has 0 aliphatic carbocycles. The number of aryl methyl sites for hydroxylation is 1. The van der Waals surface area contributed by atoms with Crippen LogP contribution in [0.25, 0.3) is 0 Å². The SMILES string of the molecule is COc1ccsc1C(=O)NCc1cnn(C)c1N. The second-order valence-electron chi connectivity index (χ2n) is 3.68. The van der Waals surface area contributed by atoms with Gasteiger partial charge in [0.05, 0.1) is 13.3 Å². The molecule has 18 heavy (non-hydrogen) atoms. The Morgan fingerprint density at radius 1 is 1.67 bits per heavy atom. The van der Waals surface area contributed by atoms with Crippen molar-refractivity contribution in [2.75, 3.05) is 12.8 Å². The van der Waals surface area contributed by atoms with Crippen LogP contribution in [0.5, 0.6) is 5.75 Å². The van der Waals surface area contributed by atoms with Crippen LogP contribution in [0.1, 0.15) is 15.2 Å². The molecular weight excluding hydrogens is 252 g/mol. The summed E-state index contributed by atoms with van der Waals surface area (Å²) < 4.78 is 6.66. The molecule has 0 saturated heterocycles. The van der Waals surface area contributed by atoms with E-state index in [0.717, 1.165) is 5.56 Å². The van der Waals surface area contributed by atoms with E-state index in [1.54, 1.807) is 24.0 Å². The number of carbonyl (C=O) groups is 1. The highest BCUT2D eigenvalue weighted by molar-refractivity contribution is 7.12. The second kappa shape index (κ2) is 5.09. The van der Waals surface area contributed by atoms with Gasteiger partial charge in [-0.1, -0.05) is 0 Å². The maximum Gasteiger partial charge on any atom is 0.265 e. The standard InChI is InChI=1S/C11H14N4O2S/c1-15-10(12)7(6-14-15)5-13-11(16)9-8(17-2)3-4-18-9/h3-4,6H,5,12H2,1-2H3,(H,13,16). The highest BCUT2D eigenvalue weighted by atomic mass is 32.1. The molecule has 2 rings (SSSR count). The number of nitrogens with one attached hydrogen (secondary N) is 1. The van der Waals surface area contributed by atoms with Crippen molar-refractivity contribution in [1.29, 1.82) is 0 Å². The molecule has 0 fully saturated rings. The molecule has 0 atom stereocenters. The lowest BCUT2D eigenvalue weighted by Gasteiger charge is -2.05. The summed E-state index contributed by atoms with van der Waals surface area (Å²) in [4.78, 5) is 12.5. The minimum absolute atomic E-state index is 0.176. The van der Waals surface area contributed by atoms with E-state index in [4.69, 9.17) is 10.5 Å². The van der Waals surface area contributed by atoms with Crippen molar-refractivity contribution in [3.8, 4) is 5.75 Å². The molecule has 96 valence electrons. The number of nitrogen functional groups attached to an aromatic ring is 1. The van der Waals surface area contributed by atoms with Crippen LogP contribution in [-0.2, 0) is 13.6 Å². The van der Waals surface area contributed by atoms with Crippen LogP contribution in [0.2, 0.25) is 0 Å². The molecule has 2 heterocycles. The Bertz CT molecular complexity index is 561. The predicted molar refractivity (Wildman–Crippen MR) is 69.7 cm³/mol. The minimum Gasteiger partial charge on any atom is -0.495 e. The van der Waals surface area contributed by atoms with Crippen LogP contribution < -0.4 is 15.8 Å². The first-order chi connectivity index (χ1) is 8.63. The Hall–Kier alpha value is -2.02. The molecule has 0 spiro atoms. The third-order valence-electron chi connectivity index (χ3n) is 2.56. The average Bonchev–Trinajstić information content (AvgIpc) is 2.96. The summed E-state index contributed by atoms with van der Waals surface area (Å²) >= 11 is 1.34. The number of methoxy groups -OCH3 is 1. The lowest BCUT2D eigenvalue weighted by atomic mass is 10.3. The topological polar surface area (TPSA) is 82.2 Å². The monoisotopic (exact) mass is 266 g/mol. The number of carbonyl (C=O) groups excluding carboxylic acids is 1. The van der Waals surface area contributed by atoms with Crippen LogP contribution in [0.3, 0.4) is 0 Å². The third kappa shape index (κ3) is 2.30. The number of thiophene rings is 1. The van der Waals surface area contributed by atoms with Gasteiger partial charge in [-0.15, -0.1) is 11.3 Å². The molecule has 2 aromatic heterocycles. The number of hydrogen-bond acceptors (Lipinski definition) is 5. The van der Waals surface area contributed by atoms with E-state index in [1.807, 2.05) is 5.38 Å². The van der Waals surface area contributed by atoms with Crippen molar-refractivity contribution in [2.45, 2.75) is 6.54 Å². The van der Waals surface area contributed by atoms with Crippen molar-refractivity contribution >= 4 is 23.1 Å². The quantitative estimate of drug-likeness (QED) is 0.865. The zero-order valence-corrected chi connectivity index (χ0v) is 11.0. The van der Waals surface area contributed by atoms with E-state index in [0.29, 0.717) is 23.0 Å². The zero-order chi connectivity index (χ0) is 13.1. The first-order valence-electron chi connectivity index (χ1n) is 5.29. The van der Waals surface area contributed by atoms with Crippen LogP contribution in [0.15, 0.2) is 17.6 Å². The summed E-state index contributed by atoms with van der Waals surface area (Å²) in [6.07, 6.45) is 1.64. The first-order valence-corrected chi connectivity index (χ1v) is 6.17. The van der Waals surface area contributed by atoms with Gasteiger partial charge in [-0.2, -0.15) is 5.10 Å². The van der Waals surface area contributed by atoms with Gasteiger partial charge in [-0.05, 0) is 11.4 Å². The Labute approximate surface area is 108 Å². The molecule has 0 aliphatic heterocycles. The summed E-state index contributed by atoms with van der Waals surface area (Å²) in [6, 6.07) is 1.76. The predicted octanol–water partition coefficient (Wildman–Crippen LogP) is 1.00. The molecule has 0 aromatic carbocycles. The Kier molecular flexibility index (Phi) is 3.52. The van der Waals surface area contributed by atoms with Gasteiger partial charge in [-0.25, -0.2) is 0 Å². The van der Waals surface area contributed by atoms with Crippen molar-refractivity contribution in [3.05, 3.63) is 28.1 Å². The number of anilines is 1. The maximum atomic E-state index is 11.9. The highest BCUT2D eigenvalue weighted by Crippen LogP contribution is 2.24. The van der Waals surface area contributed by atoms with Gasteiger partial charge in [0.25, 0.3) is 5.91 Å². The lowest BCUT2D eigenvalue weighted by molar-refractivity contribution is 0.0952. The van der Waals surface area contributed by atoms with Crippen molar-refractivity contribution in [3.63, 3.8) is 0 Å². The van der Waals surface area contributed by atoms with Crippen LogP contribution >= 0.6 is 11.3 Å². The normalized spacial score (nSPS) is 10.3. The zero-order valence-electron chi connectivity index (χ0n) is 10.1. The summed E-state index contributed by atoms with van der Waals surface area (Å²) in [5.74, 6) is 0.954. The number of aromatic nitrogens is 2. The molecule has 3 N–H and O–H groups in total. The highest BCUT2D eigenvalue weighted by Gasteiger charge is 2.14. The van der Waals surface area contributed by atoms with Crippen LogP contribution in [0, 0.1) is 0 Å². The number of hydrogen-bond donors (Lipinski definition) is 2. The number of ether oxygens (including phenoxy) is 1. The molecule has 2 aromatic rings. The molecule has 0 saturated carbocycles. The average molecular weight is 266 g/mol. The Morgan fingerprint density at radius 2 is 2.44 bits per heavy atom.